The molecule has 0 unspecified atom stereocenters. The Morgan fingerprint density at radius 1 is 1.35 bits per heavy atom. The Morgan fingerprint density at radius 3 is 3.00 bits per heavy atom. The molecule has 0 aliphatic carbocycles. The van der Waals surface area contributed by atoms with Gasteiger partial charge >= 0.3 is 6.03 Å². The maximum Gasteiger partial charge on any atom is 0.319 e. The Morgan fingerprint density at radius 2 is 2.18 bits per heavy atom. The Hall–Kier alpha value is -1.95. The number of hydrogen-bond donors (Lipinski definition) is 3. The fourth-order valence-electron chi connectivity index (χ4n) is 1.43. The van der Waals surface area contributed by atoms with Gasteiger partial charge in [-0.25, -0.2) is 4.79 Å². The van der Waals surface area contributed by atoms with E-state index in [0.717, 1.165) is 0 Å². The molecular formula is C11H14N2O4. The average Bonchev–Trinajstić information content (AvgIpc) is 2.76. The highest BCUT2D eigenvalue weighted by atomic mass is 16.7. The highest BCUT2D eigenvalue weighted by Crippen LogP contribution is 2.34. The molecule has 0 saturated carbocycles. The van der Waals surface area contributed by atoms with Crippen LogP contribution in [0.15, 0.2) is 18.2 Å². The number of ether oxygens (including phenoxy) is 2. The van der Waals surface area contributed by atoms with Gasteiger partial charge < -0.3 is 25.2 Å². The highest BCUT2D eigenvalue weighted by molar-refractivity contribution is 5.89. The molecule has 6 nitrogen and oxygen atoms in total. The van der Waals surface area contributed by atoms with E-state index in [0.29, 0.717) is 30.2 Å². The number of carbonyl (C=O) groups is 1. The van der Waals surface area contributed by atoms with Gasteiger partial charge in [-0.2, -0.15) is 0 Å². The second-order valence-electron chi connectivity index (χ2n) is 3.53. The van der Waals surface area contributed by atoms with Crippen molar-refractivity contribution in [2.24, 2.45) is 0 Å². The van der Waals surface area contributed by atoms with E-state index >= 15 is 0 Å². The van der Waals surface area contributed by atoms with Gasteiger partial charge in [0.2, 0.25) is 6.79 Å². The number of fused-ring (bicyclic) bond motifs is 1. The molecule has 2 amide bonds. The highest BCUT2D eigenvalue weighted by Gasteiger charge is 2.13. The average molecular weight is 238 g/mol. The van der Waals surface area contributed by atoms with Gasteiger partial charge in [0.05, 0.1) is 0 Å². The number of benzene rings is 1. The number of anilines is 1. The molecule has 0 bridgehead atoms. The van der Waals surface area contributed by atoms with Crippen LogP contribution in [0.25, 0.3) is 0 Å². The van der Waals surface area contributed by atoms with Crippen molar-refractivity contribution in [3.8, 4) is 11.5 Å². The summed E-state index contributed by atoms with van der Waals surface area (Å²) in [6.45, 7) is 0.707. The molecule has 0 fully saturated rings. The van der Waals surface area contributed by atoms with Crippen molar-refractivity contribution in [1.82, 2.24) is 5.32 Å². The molecule has 1 aromatic carbocycles. The first-order chi connectivity index (χ1) is 8.29. The summed E-state index contributed by atoms with van der Waals surface area (Å²) in [5, 5.41) is 13.9. The van der Waals surface area contributed by atoms with Crippen molar-refractivity contribution in [1.29, 1.82) is 0 Å². The normalized spacial score (nSPS) is 12.3. The van der Waals surface area contributed by atoms with Gasteiger partial charge in [-0.1, -0.05) is 0 Å². The fraction of sp³-hybridized carbons (Fsp3) is 0.364. The van der Waals surface area contributed by atoms with Gasteiger partial charge in [-0.3, -0.25) is 0 Å². The molecule has 0 radical (unpaired) electrons. The van der Waals surface area contributed by atoms with Crippen LogP contribution in [0.2, 0.25) is 0 Å². The van der Waals surface area contributed by atoms with Gasteiger partial charge in [0.25, 0.3) is 0 Å². The number of carbonyl (C=O) groups excluding carboxylic acids is 1. The zero-order valence-electron chi connectivity index (χ0n) is 9.23. The largest absolute Gasteiger partial charge is 0.454 e. The second-order valence-corrected chi connectivity index (χ2v) is 3.53. The van der Waals surface area contributed by atoms with Crippen LogP contribution in [0.3, 0.4) is 0 Å². The maximum absolute atomic E-state index is 11.4. The third-order valence-electron chi connectivity index (χ3n) is 2.25. The molecule has 0 spiro atoms. The lowest BCUT2D eigenvalue weighted by Crippen LogP contribution is -2.29. The smallest absolute Gasteiger partial charge is 0.319 e. The summed E-state index contributed by atoms with van der Waals surface area (Å²) < 4.78 is 10.4. The van der Waals surface area contributed by atoms with Crippen LogP contribution in [-0.2, 0) is 0 Å². The molecule has 0 saturated heterocycles. The summed E-state index contributed by atoms with van der Waals surface area (Å²) in [6, 6.07) is 4.87. The van der Waals surface area contributed by atoms with Gasteiger partial charge in [-0.15, -0.1) is 0 Å². The Labute approximate surface area is 98.5 Å². The molecule has 92 valence electrons. The Bertz CT molecular complexity index is 408. The minimum absolute atomic E-state index is 0.0598. The minimum atomic E-state index is -0.308. The molecule has 1 aliphatic rings. The first kappa shape index (κ1) is 11.5. The summed E-state index contributed by atoms with van der Waals surface area (Å²) in [5.41, 5.74) is 0.635. The minimum Gasteiger partial charge on any atom is -0.454 e. The quantitative estimate of drug-likeness (QED) is 0.681. The number of aliphatic hydroxyl groups excluding tert-OH is 1. The van der Waals surface area contributed by atoms with E-state index in [1.807, 2.05) is 0 Å². The maximum atomic E-state index is 11.4. The molecule has 1 aliphatic heterocycles. The predicted octanol–water partition coefficient (Wildman–Crippen LogP) is 0.919. The van der Waals surface area contributed by atoms with Crippen LogP contribution in [0.4, 0.5) is 10.5 Å². The number of amides is 2. The lowest BCUT2D eigenvalue weighted by atomic mass is 10.3. The van der Waals surface area contributed by atoms with Crippen LogP contribution in [0.5, 0.6) is 11.5 Å². The van der Waals surface area contributed by atoms with Crippen molar-refractivity contribution in [2.75, 3.05) is 25.3 Å². The third-order valence-corrected chi connectivity index (χ3v) is 2.25. The van der Waals surface area contributed by atoms with Gasteiger partial charge in [0.1, 0.15) is 0 Å². The number of rotatable bonds is 4. The predicted molar refractivity (Wildman–Crippen MR) is 61.3 cm³/mol. The molecule has 3 N–H and O–H groups in total. The Balaban J connectivity index is 1.88. The van der Waals surface area contributed by atoms with E-state index in [1.54, 1.807) is 18.2 Å². The number of urea groups is 1. The monoisotopic (exact) mass is 238 g/mol. The first-order valence-corrected chi connectivity index (χ1v) is 5.35. The summed E-state index contributed by atoms with van der Waals surface area (Å²) >= 11 is 0. The lowest BCUT2D eigenvalue weighted by Gasteiger charge is -2.07. The number of nitrogens with one attached hydrogen (secondary N) is 2. The fourth-order valence-corrected chi connectivity index (χ4v) is 1.43. The van der Waals surface area contributed by atoms with Crippen molar-refractivity contribution in [3.63, 3.8) is 0 Å². The zero-order valence-corrected chi connectivity index (χ0v) is 9.23. The summed E-state index contributed by atoms with van der Waals surface area (Å²) in [7, 11) is 0. The van der Waals surface area contributed by atoms with Crippen molar-refractivity contribution in [2.45, 2.75) is 6.42 Å². The van der Waals surface area contributed by atoms with E-state index in [2.05, 4.69) is 10.6 Å². The van der Waals surface area contributed by atoms with Crippen LogP contribution < -0.4 is 20.1 Å². The standard InChI is InChI=1S/C11H14N2O4/c14-5-1-4-12-11(15)13-8-2-3-9-10(6-8)17-7-16-9/h2-3,6,14H,1,4-5,7H2,(H2,12,13,15). The molecule has 0 atom stereocenters. The first-order valence-electron chi connectivity index (χ1n) is 5.35. The van der Waals surface area contributed by atoms with Crippen molar-refractivity contribution >= 4 is 11.7 Å². The number of hydrogen-bond acceptors (Lipinski definition) is 4. The van der Waals surface area contributed by atoms with Crippen LogP contribution in [0, 0.1) is 0 Å². The van der Waals surface area contributed by atoms with E-state index in [4.69, 9.17) is 14.6 Å². The van der Waals surface area contributed by atoms with Gasteiger partial charge in [0, 0.05) is 24.9 Å². The molecule has 1 aromatic rings. The van der Waals surface area contributed by atoms with Crippen LogP contribution in [0.1, 0.15) is 6.42 Å². The van der Waals surface area contributed by atoms with Crippen LogP contribution >= 0.6 is 0 Å². The van der Waals surface area contributed by atoms with E-state index in [-0.39, 0.29) is 19.4 Å². The van der Waals surface area contributed by atoms with E-state index in [9.17, 15) is 4.79 Å². The molecule has 0 aromatic heterocycles. The van der Waals surface area contributed by atoms with E-state index in [1.165, 1.54) is 0 Å². The lowest BCUT2D eigenvalue weighted by molar-refractivity contribution is 0.174. The molecule has 1 heterocycles. The topological polar surface area (TPSA) is 79.8 Å². The Kier molecular flexibility index (Phi) is 3.66. The summed E-state index contributed by atoms with van der Waals surface area (Å²) in [4.78, 5) is 11.4. The van der Waals surface area contributed by atoms with Gasteiger partial charge in [0.15, 0.2) is 11.5 Å². The molecule has 2 rings (SSSR count). The van der Waals surface area contributed by atoms with Crippen molar-refractivity contribution < 1.29 is 19.4 Å². The second kappa shape index (κ2) is 5.40. The number of aliphatic hydroxyl groups is 1. The zero-order chi connectivity index (χ0) is 12.1. The summed E-state index contributed by atoms with van der Waals surface area (Å²) in [5.74, 6) is 1.30. The van der Waals surface area contributed by atoms with Gasteiger partial charge in [-0.05, 0) is 18.6 Å². The van der Waals surface area contributed by atoms with Crippen LogP contribution in [-0.4, -0.2) is 31.1 Å². The van der Waals surface area contributed by atoms with Crippen molar-refractivity contribution in [3.05, 3.63) is 18.2 Å². The van der Waals surface area contributed by atoms with E-state index < -0.39 is 0 Å². The summed E-state index contributed by atoms with van der Waals surface area (Å²) in [6.07, 6.45) is 0.536. The molecular weight excluding hydrogens is 224 g/mol. The third kappa shape index (κ3) is 3.01. The molecule has 17 heavy (non-hydrogen) atoms. The molecule has 6 heteroatoms. The SMILES string of the molecule is O=C(NCCCO)Nc1ccc2c(c1)OCO2.